The summed E-state index contributed by atoms with van der Waals surface area (Å²) in [4.78, 5) is 31.5. The number of methoxy groups -OCH3 is 1. The van der Waals surface area contributed by atoms with Crippen molar-refractivity contribution in [2.45, 2.75) is 38.6 Å². The fraction of sp³-hybridized carbons (Fsp3) is 0.450. The van der Waals surface area contributed by atoms with E-state index in [-0.39, 0.29) is 11.8 Å². The standard InChI is InChI=1S/C20H26N4O3S/c1-3-11-21-18(25)17-6-4-5-12-24(17)19(26)16-13-28-20(23-16)22-14-7-9-15(27-2)10-8-14/h7-10,13,17H,3-6,11-12H2,1-2H3,(H,21,25)(H,22,23)/t17-/m0/s1. The van der Waals surface area contributed by atoms with Gasteiger partial charge in [0, 0.05) is 24.2 Å². The van der Waals surface area contributed by atoms with Crippen LogP contribution in [0.25, 0.3) is 0 Å². The first-order valence-corrected chi connectivity index (χ1v) is 10.5. The van der Waals surface area contributed by atoms with Crippen molar-refractivity contribution in [3.63, 3.8) is 0 Å². The van der Waals surface area contributed by atoms with Gasteiger partial charge in [0.05, 0.1) is 7.11 Å². The molecule has 1 saturated heterocycles. The molecule has 0 bridgehead atoms. The van der Waals surface area contributed by atoms with E-state index in [4.69, 9.17) is 4.74 Å². The van der Waals surface area contributed by atoms with Gasteiger partial charge in [-0.1, -0.05) is 6.92 Å². The predicted molar refractivity (Wildman–Crippen MR) is 110 cm³/mol. The van der Waals surface area contributed by atoms with Gasteiger partial charge in [-0.15, -0.1) is 11.3 Å². The minimum atomic E-state index is -0.410. The maximum Gasteiger partial charge on any atom is 0.274 e. The fourth-order valence-corrected chi connectivity index (χ4v) is 3.89. The molecule has 0 unspecified atom stereocenters. The minimum Gasteiger partial charge on any atom is -0.497 e. The van der Waals surface area contributed by atoms with Crippen LogP contribution in [-0.2, 0) is 4.79 Å². The number of benzene rings is 1. The Morgan fingerprint density at radius 1 is 1.29 bits per heavy atom. The van der Waals surface area contributed by atoms with Crippen LogP contribution >= 0.6 is 11.3 Å². The lowest BCUT2D eigenvalue weighted by molar-refractivity contribution is -0.126. The van der Waals surface area contributed by atoms with E-state index in [9.17, 15) is 9.59 Å². The molecule has 2 aromatic rings. The lowest BCUT2D eigenvalue weighted by Crippen LogP contribution is -2.52. The van der Waals surface area contributed by atoms with Gasteiger partial charge in [-0.25, -0.2) is 4.98 Å². The number of likely N-dealkylation sites (tertiary alicyclic amines) is 1. The van der Waals surface area contributed by atoms with Gasteiger partial charge in [0.1, 0.15) is 17.5 Å². The number of nitrogens with zero attached hydrogens (tertiary/aromatic N) is 2. The summed E-state index contributed by atoms with van der Waals surface area (Å²) < 4.78 is 5.15. The number of rotatable bonds is 7. The second-order valence-corrected chi connectivity index (χ2v) is 7.55. The summed E-state index contributed by atoms with van der Waals surface area (Å²) >= 11 is 1.37. The Morgan fingerprint density at radius 3 is 2.79 bits per heavy atom. The molecule has 3 rings (SSSR count). The number of amides is 2. The summed E-state index contributed by atoms with van der Waals surface area (Å²) in [5.41, 5.74) is 1.24. The highest BCUT2D eigenvalue weighted by atomic mass is 32.1. The number of anilines is 2. The van der Waals surface area contributed by atoms with Gasteiger partial charge < -0.3 is 20.3 Å². The van der Waals surface area contributed by atoms with E-state index in [1.807, 2.05) is 31.2 Å². The number of piperidine rings is 1. The Morgan fingerprint density at radius 2 is 2.07 bits per heavy atom. The zero-order valence-corrected chi connectivity index (χ0v) is 17.1. The molecule has 1 fully saturated rings. The number of thiazole rings is 1. The van der Waals surface area contributed by atoms with Crippen LogP contribution in [0.4, 0.5) is 10.8 Å². The Kier molecular flexibility index (Phi) is 6.86. The number of ether oxygens (including phenoxy) is 1. The number of nitrogens with one attached hydrogen (secondary N) is 2. The van der Waals surface area contributed by atoms with E-state index in [1.165, 1.54) is 11.3 Å². The second-order valence-electron chi connectivity index (χ2n) is 6.69. The third kappa shape index (κ3) is 4.81. The van der Waals surface area contributed by atoms with E-state index in [0.717, 1.165) is 30.7 Å². The van der Waals surface area contributed by atoms with Crippen molar-refractivity contribution in [3.8, 4) is 5.75 Å². The molecule has 2 amide bonds. The third-order valence-corrected chi connectivity index (χ3v) is 5.44. The molecule has 1 atom stereocenters. The Bertz CT molecular complexity index is 806. The number of carbonyl (C=O) groups excluding carboxylic acids is 2. The minimum absolute atomic E-state index is 0.0679. The van der Waals surface area contributed by atoms with E-state index in [1.54, 1.807) is 17.4 Å². The smallest absolute Gasteiger partial charge is 0.274 e. The van der Waals surface area contributed by atoms with Gasteiger partial charge >= 0.3 is 0 Å². The first-order valence-electron chi connectivity index (χ1n) is 9.57. The van der Waals surface area contributed by atoms with Gasteiger partial charge in [0.25, 0.3) is 5.91 Å². The molecular formula is C20H26N4O3S. The fourth-order valence-electron chi connectivity index (χ4n) is 3.19. The molecule has 0 saturated carbocycles. The monoisotopic (exact) mass is 402 g/mol. The molecule has 2 N–H and O–H groups in total. The highest BCUT2D eigenvalue weighted by Gasteiger charge is 2.33. The molecule has 28 heavy (non-hydrogen) atoms. The topological polar surface area (TPSA) is 83.6 Å². The summed E-state index contributed by atoms with van der Waals surface area (Å²) in [6.45, 7) is 3.22. The van der Waals surface area contributed by atoms with Crippen molar-refractivity contribution in [1.29, 1.82) is 0 Å². The van der Waals surface area contributed by atoms with Crippen molar-refractivity contribution in [2.75, 3.05) is 25.5 Å². The van der Waals surface area contributed by atoms with Crippen LogP contribution in [0.5, 0.6) is 5.75 Å². The highest BCUT2D eigenvalue weighted by molar-refractivity contribution is 7.14. The van der Waals surface area contributed by atoms with Gasteiger partial charge in [-0.05, 0) is 49.9 Å². The van der Waals surface area contributed by atoms with E-state index in [2.05, 4.69) is 15.6 Å². The van der Waals surface area contributed by atoms with Crippen molar-refractivity contribution < 1.29 is 14.3 Å². The molecule has 1 aliphatic rings. The average molecular weight is 403 g/mol. The van der Waals surface area contributed by atoms with Crippen LogP contribution in [0.2, 0.25) is 0 Å². The van der Waals surface area contributed by atoms with Gasteiger partial charge in [0.2, 0.25) is 5.91 Å². The number of hydrogen-bond donors (Lipinski definition) is 2. The number of carbonyl (C=O) groups is 2. The SMILES string of the molecule is CCCNC(=O)[C@@H]1CCCCN1C(=O)c1csc(Nc2ccc(OC)cc2)n1. The van der Waals surface area contributed by atoms with E-state index < -0.39 is 6.04 Å². The number of aromatic nitrogens is 1. The van der Waals surface area contributed by atoms with E-state index >= 15 is 0 Å². The molecule has 8 heteroatoms. The number of hydrogen-bond acceptors (Lipinski definition) is 6. The van der Waals surface area contributed by atoms with E-state index in [0.29, 0.717) is 30.3 Å². The van der Waals surface area contributed by atoms with Crippen LogP contribution in [0.15, 0.2) is 29.6 Å². The van der Waals surface area contributed by atoms with Gasteiger partial charge in [-0.3, -0.25) is 9.59 Å². The summed E-state index contributed by atoms with van der Waals surface area (Å²) in [6.07, 6.45) is 3.43. The molecule has 7 nitrogen and oxygen atoms in total. The zero-order chi connectivity index (χ0) is 19.9. The molecular weight excluding hydrogens is 376 g/mol. The lowest BCUT2D eigenvalue weighted by Gasteiger charge is -2.34. The molecule has 1 aliphatic heterocycles. The first kappa shape index (κ1) is 20.1. The quantitative estimate of drug-likeness (QED) is 0.741. The molecule has 1 aromatic carbocycles. The molecule has 1 aromatic heterocycles. The van der Waals surface area contributed by atoms with Crippen molar-refractivity contribution in [1.82, 2.24) is 15.2 Å². The second kappa shape index (κ2) is 9.54. The largest absolute Gasteiger partial charge is 0.497 e. The van der Waals surface area contributed by atoms with Crippen LogP contribution in [-0.4, -0.2) is 47.9 Å². The summed E-state index contributed by atoms with van der Waals surface area (Å²) in [5, 5.41) is 8.49. The normalized spacial score (nSPS) is 16.5. The molecule has 0 radical (unpaired) electrons. The third-order valence-electron chi connectivity index (χ3n) is 4.68. The molecule has 0 aliphatic carbocycles. The summed E-state index contributed by atoms with van der Waals surface area (Å²) in [7, 11) is 1.62. The van der Waals surface area contributed by atoms with Gasteiger partial charge in [-0.2, -0.15) is 0 Å². The molecule has 0 spiro atoms. The maximum atomic E-state index is 13.0. The Labute approximate surface area is 169 Å². The van der Waals surface area contributed by atoms with Crippen LogP contribution in [0.1, 0.15) is 43.1 Å². The summed E-state index contributed by atoms with van der Waals surface area (Å²) in [5.74, 6) is 0.523. The van der Waals surface area contributed by atoms with Gasteiger partial charge in [0.15, 0.2) is 5.13 Å². The van der Waals surface area contributed by atoms with Crippen molar-refractivity contribution >= 4 is 34.0 Å². The lowest BCUT2D eigenvalue weighted by atomic mass is 10.0. The van der Waals surface area contributed by atoms with Crippen LogP contribution in [0, 0.1) is 0 Å². The van der Waals surface area contributed by atoms with Crippen LogP contribution in [0.3, 0.4) is 0 Å². The molecule has 150 valence electrons. The predicted octanol–water partition coefficient (Wildman–Crippen LogP) is 3.42. The Balaban J connectivity index is 1.68. The maximum absolute atomic E-state index is 13.0. The average Bonchev–Trinajstić information content (AvgIpc) is 3.20. The van der Waals surface area contributed by atoms with Crippen LogP contribution < -0.4 is 15.4 Å². The first-order chi connectivity index (χ1) is 13.6. The van der Waals surface area contributed by atoms with Crippen molar-refractivity contribution in [2.24, 2.45) is 0 Å². The summed E-state index contributed by atoms with van der Waals surface area (Å²) in [6, 6.07) is 7.08. The highest BCUT2D eigenvalue weighted by Crippen LogP contribution is 2.25. The Hall–Kier alpha value is -2.61. The van der Waals surface area contributed by atoms with Crippen molar-refractivity contribution in [3.05, 3.63) is 35.3 Å². The molecule has 2 heterocycles. The zero-order valence-electron chi connectivity index (χ0n) is 16.2.